The van der Waals surface area contributed by atoms with E-state index in [1.54, 1.807) is 11.3 Å². The van der Waals surface area contributed by atoms with Crippen LogP contribution in [-0.2, 0) is 6.42 Å². The van der Waals surface area contributed by atoms with Crippen molar-refractivity contribution in [2.75, 3.05) is 13.1 Å². The Labute approximate surface area is 148 Å². The van der Waals surface area contributed by atoms with Gasteiger partial charge in [-0.2, -0.15) is 0 Å². The molecule has 4 rings (SSSR count). The van der Waals surface area contributed by atoms with Crippen LogP contribution in [0.3, 0.4) is 0 Å². The zero-order chi connectivity index (χ0) is 16.5. The molecule has 1 aliphatic rings. The highest BCUT2D eigenvalue weighted by Crippen LogP contribution is 2.33. The lowest BCUT2D eigenvalue weighted by Crippen LogP contribution is -2.39. The van der Waals surface area contributed by atoms with Crippen molar-refractivity contribution in [1.29, 1.82) is 0 Å². The van der Waals surface area contributed by atoms with Crippen LogP contribution in [0.1, 0.15) is 46.1 Å². The quantitative estimate of drug-likeness (QED) is 0.716. The Bertz CT molecular complexity index is 839. The molecule has 1 fully saturated rings. The van der Waals surface area contributed by atoms with E-state index in [9.17, 15) is 4.79 Å². The Morgan fingerprint density at radius 1 is 1.38 bits per heavy atom. The Hall–Kier alpha value is -1.86. The molecule has 3 heterocycles. The maximum atomic E-state index is 12.8. The van der Waals surface area contributed by atoms with Gasteiger partial charge in [0.05, 0.1) is 20.9 Å². The third-order valence-corrected chi connectivity index (χ3v) is 6.41. The van der Waals surface area contributed by atoms with E-state index >= 15 is 0 Å². The Morgan fingerprint density at radius 3 is 3.08 bits per heavy atom. The van der Waals surface area contributed by atoms with Gasteiger partial charge in [-0.05, 0) is 42.9 Å². The van der Waals surface area contributed by atoms with E-state index in [-0.39, 0.29) is 5.91 Å². The molecule has 124 valence electrons. The minimum atomic E-state index is 0.0765. The van der Waals surface area contributed by atoms with Crippen LogP contribution in [0.15, 0.2) is 24.3 Å². The van der Waals surface area contributed by atoms with Gasteiger partial charge in [-0.1, -0.05) is 23.5 Å². The summed E-state index contributed by atoms with van der Waals surface area (Å²) < 4.78 is 5.17. The molecule has 5 nitrogen and oxygen atoms in total. The second-order valence-electron chi connectivity index (χ2n) is 6.01. The standard InChI is InChI=1S/C17H18N4OS2/c1-2-12-15(24-20-19-12)17(22)21-9-5-6-11(10-21)16-18-13-7-3-4-8-14(13)23-16/h3-4,7-8,11H,2,5-6,9-10H2,1H3/t11-/m1/s1. The molecule has 0 aliphatic carbocycles. The van der Waals surface area contributed by atoms with E-state index in [2.05, 4.69) is 21.7 Å². The van der Waals surface area contributed by atoms with E-state index in [0.29, 0.717) is 10.8 Å². The van der Waals surface area contributed by atoms with E-state index in [0.717, 1.165) is 48.6 Å². The smallest absolute Gasteiger partial charge is 0.267 e. The normalized spacial score (nSPS) is 18.2. The summed E-state index contributed by atoms with van der Waals surface area (Å²) in [5.41, 5.74) is 1.87. The summed E-state index contributed by atoms with van der Waals surface area (Å²) in [5.74, 6) is 0.402. The van der Waals surface area contributed by atoms with Crippen LogP contribution in [0.4, 0.5) is 0 Å². The summed E-state index contributed by atoms with van der Waals surface area (Å²) in [5, 5.41) is 5.21. The van der Waals surface area contributed by atoms with Crippen LogP contribution >= 0.6 is 22.9 Å². The fraction of sp³-hybridized carbons (Fsp3) is 0.412. The number of hydrogen-bond acceptors (Lipinski definition) is 6. The van der Waals surface area contributed by atoms with E-state index in [1.807, 2.05) is 24.0 Å². The highest BCUT2D eigenvalue weighted by atomic mass is 32.1. The molecule has 1 amide bonds. The molecule has 24 heavy (non-hydrogen) atoms. The molecule has 1 saturated heterocycles. The number of likely N-dealkylation sites (tertiary alicyclic amines) is 1. The van der Waals surface area contributed by atoms with Gasteiger partial charge in [0.15, 0.2) is 0 Å². The molecule has 1 aliphatic heterocycles. The summed E-state index contributed by atoms with van der Waals surface area (Å²) in [7, 11) is 0. The summed E-state index contributed by atoms with van der Waals surface area (Å²) in [6.07, 6.45) is 2.85. The fourth-order valence-electron chi connectivity index (χ4n) is 3.17. The number of benzene rings is 1. The molecule has 0 spiro atoms. The lowest BCUT2D eigenvalue weighted by atomic mass is 9.98. The first-order valence-electron chi connectivity index (χ1n) is 8.22. The largest absolute Gasteiger partial charge is 0.337 e. The number of piperidine rings is 1. The summed E-state index contributed by atoms with van der Waals surface area (Å²) in [4.78, 5) is 20.3. The van der Waals surface area contributed by atoms with Crippen molar-refractivity contribution in [1.82, 2.24) is 19.5 Å². The third-order valence-electron chi connectivity index (χ3n) is 4.45. The molecular formula is C17H18N4OS2. The lowest BCUT2D eigenvalue weighted by Gasteiger charge is -2.31. The summed E-state index contributed by atoms with van der Waals surface area (Å²) >= 11 is 2.96. The maximum Gasteiger partial charge on any atom is 0.267 e. The number of carbonyl (C=O) groups excluding carboxylic acids is 1. The van der Waals surface area contributed by atoms with Crippen molar-refractivity contribution in [3.63, 3.8) is 0 Å². The maximum absolute atomic E-state index is 12.8. The second-order valence-corrected chi connectivity index (χ2v) is 7.83. The number of nitrogens with zero attached hydrogens (tertiary/aromatic N) is 4. The molecule has 0 unspecified atom stereocenters. The van der Waals surface area contributed by atoms with Gasteiger partial charge < -0.3 is 4.90 Å². The number of thiazole rings is 1. The van der Waals surface area contributed by atoms with Crippen LogP contribution in [0.2, 0.25) is 0 Å². The van der Waals surface area contributed by atoms with Gasteiger partial charge in [-0.25, -0.2) is 4.98 Å². The monoisotopic (exact) mass is 358 g/mol. The zero-order valence-corrected chi connectivity index (χ0v) is 15.1. The Kier molecular flexibility index (Phi) is 4.28. The molecule has 3 aromatic rings. The molecular weight excluding hydrogens is 340 g/mol. The minimum absolute atomic E-state index is 0.0765. The van der Waals surface area contributed by atoms with Crippen molar-refractivity contribution < 1.29 is 4.79 Å². The van der Waals surface area contributed by atoms with E-state index < -0.39 is 0 Å². The van der Waals surface area contributed by atoms with E-state index in [4.69, 9.17) is 4.98 Å². The van der Waals surface area contributed by atoms with Crippen LogP contribution in [0, 0.1) is 0 Å². The summed E-state index contributed by atoms with van der Waals surface area (Å²) in [6, 6.07) is 8.23. The molecule has 1 atom stereocenters. The van der Waals surface area contributed by atoms with Gasteiger partial charge in [-0.15, -0.1) is 16.4 Å². The number of aryl methyl sites for hydroxylation is 1. The SMILES string of the molecule is CCc1nnsc1C(=O)N1CCC[C@@H](c2nc3ccccc3s2)C1. The van der Waals surface area contributed by atoms with Crippen LogP contribution in [0.25, 0.3) is 10.2 Å². The number of amides is 1. The van der Waals surface area contributed by atoms with Crippen molar-refractivity contribution in [3.05, 3.63) is 39.8 Å². The highest BCUT2D eigenvalue weighted by molar-refractivity contribution is 7.18. The van der Waals surface area contributed by atoms with E-state index in [1.165, 1.54) is 16.2 Å². The van der Waals surface area contributed by atoms with Crippen molar-refractivity contribution in [3.8, 4) is 0 Å². The minimum Gasteiger partial charge on any atom is -0.337 e. The van der Waals surface area contributed by atoms with Gasteiger partial charge in [0.2, 0.25) is 0 Å². The molecule has 0 N–H and O–H groups in total. The molecule has 2 aromatic heterocycles. The number of rotatable bonds is 3. The van der Waals surface area contributed by atoms with Gasteiger partial charge in [0.1, 0.15) is 4.88 Å². The van der Waals surface area contributed by atoms with Crippen LogP contribution in [-0.4, -0.2) is 38.5 Å². The lowest BCUT2D eigenvalue weighted by molar-refractivity contribution is 0.0710. The van der Waals surface area contributed by atoms with Crippen LogP contribution < -0.4 is 0 Å². The predicted octanol–water partition coefficient (Wildman–Crippen LogP) is 3.73. The molecule has 7 heteroatoms. The molecule has 0 radical (unpaired) electrons. The number of aromatic nitrogens is 3. The molecule has 0 bridgehead atoms. The summed E-state index contributed by atoms with van der Waals surface area (Å²) in [6.45, 7) is 3.55. The van der Waals surface area contributed by atoms with Crippen molar-refractivity contribution in [2.24, 2.45) is 0 Å². The molecule has 1 aromatic carbocycles. The predicted molar refractivity (Wildman–Crippen MR) is 96.8 cm³/mol. The second kappa shape index (κ2) is 6.57. The first-order valence-corrected chi connectivity index (χ1v) is 9.81. The number of hydrogen-bond donors (Lipinski definition) is 0. The van der Waals surface area contributed by atoms with Crippen molar-refractivity contribution >= 4 is 39.0 Å². The van der Waals surface area contributed by atoms with Gasteiger partial charge in [0, 0.05) is 19.0 Å². The zero-order valence-electron chi connectivity index (χ0n) is 13.4. The molecule has 0 saturated carbocycles. The van der Waals surface area contributed by atoms with Crippen LogP contribution in [0.5, 0.6) is 0 Å². The average Bonchev–Trinajstić information content (AvgIpc) is 3.27. The average molecular weight is 358 g/mol. The van der Waals surface area contributed by atoms with Crippen molar-refractivity contribution in [2.45, 2.75) is 32.1 Å². The number of fused-ring (bicyclic) bond motifs is 1. The Morgan fingerprint density at radius 2 is 2.25 bits per heavy atom. The van der Waals surface area contributed by atoms with Gasteiger partial charge >= 0.3 is 0 Å². The topological polar surface area (TPSA) is 59.0 Å². The third kappa shape index (κ3) is 2.82. The van der Waals surface area contributed by atoms with Gasteiger partial charge in [-0.3, -0.25) is 4.79 Å². The fourth-order valence-corrected chi connectivity index (χ4v) is 4.99. The van der Waals surface area contributed by atoms with Gasteiger partial charge in [0.25, 0.3) is 5.91 Å². The first-order chi connectivity index (χ1) is 11.8. The highest BCUT2D eigenvalue weighted by Gasteiger charge is 2.29. The Balaban J connectivity index is 1.56. The first kappa shape index (κ1) is 15.7. The number of para-hydroxylation sites is 1. The number of carbonyl (C=O) groups is 1.